The average molecular weight is 305 g/mol. The van der Waals surface area contributed by atoms with Gasteiger partial charge in [-0.15, -0.1) is 5.01 Å². The van der Waals surface area contributed by atoms with Crippen molar-refractivity contribution in [1.29, 1.82) is 0 Å². The van der Waals surface area contributed by atoms with Crippen molar-refractivity contribution < 1.29 is 34.0 Å². The van der Waals surface area contributed by atoms with Crippen molar-refractivity contribution in [3.05, 3.63) is 5.21 Å². The van der Waals surface area contributed by atoms with Crippen molar-refractivity contribution in [3.63, 3.8) is 0 Å². The van der Waals surface area contributed by atoms with Crippen LogP contribution in [-0.2, 0) is 19.1 Å². The van der Waals surface area contributed by atoms with Gasteiger partial charge in [0.2, 0.25) is 5.28 Å². The summed E-state index contributed by atoms with van der Waals surface area (Å²) in [5.74, 6) is -1.12. The molecule has 0 bridgehead atoms. The standard InChI is InChI=1S/C11H19N3O7/c1-7(19-10(17)20-11(2,3)4)21-12-14(18)13-6-5-8(13)9(15)16/h7-8H,5-6H2,1-4H3,(H,15,16)/t7?,8-/m0/s1. The molecule has 1 rings (SSSR count). The minimum Gasteiger partial charge on any atom is -0.569 e. The van der Waals surface area contributed by atoms with Gasteiger partial charge < -0.3 is 19.8 Å². The first kappa shape index (κ1) is 16.8. The van der Waals surface area contributed by atoms with Crippen LogP contribution in [0, 0.1) is 5.21 Å². The molecule has 1 unspecified atom stereocenters. The fourth-order valence-electron chi connectivity index (χ4n) is 1.41. The lowest BCUT2D eigenvalue weighted by Gasteiger charge is -2.32. The zero-order valence-corrected chi connectivity index (χ0v) is 12.3. The molecule has 1 aliphatic rings. The fourth-order valence-corrected chi connectivity index (χ4v) is 1.41. The molecule has 10 nitrogen and oxygen atoms in total. The topological polar surface area (TPSA) is 124 Å². The largest absolute Gasteiger partial charge is 0.569 e. The van der Waals surface area contributed by atoms with Crippen LogP contribution in [0.15, 0.2) is 5.28 Å². The highest BCUT2D eigenvalue weighted by Gasteiger charge is 2.41. The van der Waals surface area contributed by atoms with E-state index in [1.807, 2.05) is 0 Å². The van der Waals surface area contributed by atoms with Crippen LogP contribution in [0.4, 0.5) is 4.79 Å². The molecule has 0 saturated carbocycles. The predicted molar refractivity (Wildman–Crippen MR) is 66.7 cm³/mol. The number of carboxylic acids is 1. The van der Waals surface area contributed by atoms with Crippen molar-refractivity contribution >= 4 is 12.1 Å². The molecular formula is C11H19N3O7. The van der Waals surface area contributed by atoms with Crippen molar-refractivity contribution in [3.8, 4) is 0 Å². The van der Waals surface area contributed by atoms with E-state index in [9.17, 15) is 14.8 Å². The molecule has 1 fully saturated rings. The average Bonchev–Trinajstić information content (AvgIpc) is 2.20. The van der Waals surface area contributed by atoms with Gasteiger partial charge in [-0.25, -0.2) is 9.59 Å². The van der Waals surface area contributed by atoms with E-state index in [4.69, 9.17) is 14.6 Å². The normalized spacial score (nSPS) is 20.3. The Hall–Kier alpha value is -2.26. The van der Waals surface area contributed by atoms with E-state index in [0.29, 0.717) is 6.42 Å². The molecule has 10 heteroatoms. The molecule has 0 aromatic rings. The second-order valence-corrected chi connectivity index (χ2v) is 5.40. The first-order valence-corrected chi connectivity index (χ1v) is 6.33. The molecule has 2 atom stereocenters. The number of hydrazine groups is 1. The second kappa shape index (κ2) is 6.46. The molecule has 0 aromatic carbocycles. The first-order chi connectivity index (χ1) is 9.60. The Bertz CT molecular complexity index is 432. The summed E-state index contributed by atoms with van der Waals surface area (Å²) in [5, 5.41) is 24.4. The second-order valence-electron chi connectivity index (χ2n) is 5.40. The number of carboxylic acid groups (broad SMARTS) is 1. The maximum absolute atomic E-state index is 11.5. The van der Waals surface area contributed by atoms with Crippen LogP contribution in [0.3, 0.4) is 0 Å². The van der Waals surface area contributed by atoms with E-state index in [1.165, 1.54) is 6.92 Å². The molecule has 1 aliphatic heterocycles. The van der Waals surface area contributed by atoms with E-state index < -0.39 is 30.1 Å². The molecule has 21 heavy (non-hydrogen) atoms. The summed E-state index contributed by atoms with van der Waals surface area (Å²) in [4.78, 5) is 26.7. The number of carbonyl (C=O) groups excluding carboxylic acids is 1. The van der Waals surface area contributed by atoms with Gasteiger partial charge in [-0.2, -0.15) is 0 Å². The lowest BCUT2D eigenvalue weighted by molar-refractivity contribution is -0.730. The van der Waals surface area contributed by atoms with Crippen LogP contribution in [0.25, 0.3) is 0 Å². The van der Waals surface area contributed by atoms with Gasteiger partial charge in [-0.05, 0) is 20.8 Å². The Morgan fingerprint density at radius 1 is 1.48 bits per heavy atom. The number of aliphatic carboxylic acids is 1. The van der Waals surface area contributed by atoms with Gasteiger partial charge in [0.1, 0.15) is 5.60 Å². The summed E-state index contributed by atoms with van der Waals surface area (Å²) in [7, 11) is 0. The van der Waals surface area contributed by atoms with Crippen LogP contribution in [0.1, 0.15) is 34.1 Å². The summed E-state index contributed by atoms with van der Waals surface area (Å²) < 4.78 is 9.59. The highest BCUT2D eigenvalue weighted by atomic mass is 16.8. The zero-order chi connectivity index (χ0) is 16.2. The van der Waals surface area contributed by atoms with Crippen LogP contribution in [0.2, 0.25) is 0 Å². The number of hydrogen-bond acceptors (Lipinski definition) is 7. The summed E-state index contributed by atoms with van der Waals surface area (Å²) in [6.45, 7) is 6.60. The summed E-state index contributed by atoms with van der Waals surface area (Å²) in [5.41, 5.74) is -0.717. The summed E-state index contributed by atoms with van der Waals surface area (Å²) >= 11 is 0. The van der Waals surface area contributed by atoms with Gasteiger partial charge in [0, 0.05) is 13.3 Å². The number of hydrogen-bond donors (Lipinski definition) is 1. The Morgan fingerprint density at radius 2 is 2.10 bits per heavy atom. The highest BCUT2D eigenvalue weighted by molar-refractivity contribution is 5.74. The Kier molecular flexibility index (Phi) is 5.17. The Balaban J connectivity index is 2.41. The van der Waals surface area contributed by atoms with E-state index >= 15 is 0 Å². The van der Waals surface area contributed by atoms with Crippen LogP contribution in [-0.4, -0.2) is 51.7 Å². The molecule has 0 radical (unpaired) electrons. The predicted octanol–water partition coefficient (Wildman–Crippen LogP) is 1.25. The van der Waals surface area contributed by atoms with Crippen molar-refractivity contribution in [2.75, 3.05) is 6.54 Å². The minimum atomic E-state index is -1.15. The molecular weight excluding hydrogens is 286 g/mol. The lowest BCUT2D eigenvalue weighted by atomic mass is 10.1. The van der Waals surface area contributed by atoms with Crippen molar-refractivity contribution in [1.82, 2.24) is 5.01 Å². The monoisotopic (exact) mass is 305 g/mol. The van der Waals surface area contributed by atoms with Gasteiger partial charge >= 0.3 is 12.1 Å². The van der Waals surface area contributed by atoms with Gasteiger partial charge in [-0.3, -0.25) is 4.84 Å². The summed E-state index contributed by atoms with van der Waals surface area (Å²) in [6, 6.07) is -0.920. The maximum atomic E-state index is 11.5. The zero-order valence-electron chi connectivity index (χ0n) is 12.3. The third-order valence-corrected chi connectivity index (χ3v) is 2.41. The molecule has 1 saturated heterocycles. The van der Waals surface area contributed by atoms with E-state index in [0.717, 1.165) is 5.01 Å². The number of nitrogens with zero attached hydrogens (tertiary/aromatic N) is 3. The van der Waals surface area contributed by atoms with Gasteiger partial charge in [-0.1, -0.05) is 0 Å². The third kappa shape index (κ3) is 5.32. The van der Waals surface area contributed by atoms with Crippen molar-refractivity contribution in [2.45, 2.75) is 52.0 Å². The van der Waals surface area contributed by atoms with Crippen LogP contribution in [0.5, 0.6) is 0 Å². The van der Waals surface area contributed by atoms with Gasteiger partial charge in [0.05, 0.1) is 11.5 Å². The molecule has 1 heterocycles. The first-order valence-electron chi connectivity index (χ1n) is 6.33. The van der Waals surface area contributed by atoms with Gasteiger partial charge in [0.25, 0.3) is 6.29 Å². The molecule has 1 N–H and O–H groups in total. The van der Waals surface area contributed by atoms with E-state index in [1.54, 1.807) is 20.8 Å². The Labute approximate surface area is 121 Å². The third-order valence-electron chi connectivity index (χ3n) is 2.41. The highest BCUT2D eigenvalue weighted by Crippen LogP contribution is 2.17. The number of ether oxygens (including phenoxy) is 2. The number of carbonyl (C=O) groups is 2. The van der Waals surface area contributed by atoms with E-state index in [-0.39, 0.29) is 11.5 Å². The molecule has 120 valence electrons. The fraction of sp³-hybridized carbons (Fsp3) is 0.818. The molecule has 0 aromatic heterocycles. The smallest absolute Gasteiger partial charge is 0.511 e. The van der Waals surface area contributed by atoms with E-state index in [2.05, 4.69) is 10.1 Å². The molecule has 0 aliphatic carbocycles. The molecule has 0 amide bonds. The van der Waals surface area contributed by atoms with Crippen LogP contribution >= 0.6 is 0 Å². The SMILES string of the molecule is CC(ON=[N+]([O-])N1CC[C@H]1C(=O)O)OC(=O)OC(C)(C)C. The summed E-state index contributed by atoms with van der Waals surface area (Å²) in [6.07, 6.45) is -1.76. The maximum Gasteiger partial charge on any atom is 0.511 e. The quantitative estimate of drug-likeness (QED) is 0.264. The Morgan fingerprint density at radius 3 is 2.52 bits per heavy atom. The van der Waals surface area contributed by atoms with Gasteiger partial charge in [0.15, 0.2) is 6.04 Å². The van der Waals surface area contributed by atoms with Crippen LogP contribution < -0.4 is 0 Å². The van der Waals surface area contributed by atoms with Crippen molar-refractivity contribution in [2.24, 2.45) is 5.28 Å². The minimum absolute atomic E-state index is 0.0250. The molecule has 0 spiro atoms. The number of rotatable bonds is 5. The lowest BCUT2D eigenvalue weighted by Crippen LogP contribution is -2.55.